The number of ketones is 1. The fraction of sp³-hybridized carbons (Fsp3) is 0.182. The van der Waals surface area contributed by atoms with Gasteiger partial charge in [-0.25, -0.2) is 0 Å². The van der Waals surface area contributed by atoms with E-state index in [0.29, 0.717) is 10.6 Å². The SMILES string of the molecule is Cn1cc(C(=O)CN)c2ccc(Cl)cc21. The lowest BCUT2D eigenvalue weighted by Gasteiger charge is -1.96. The van der Waals surface area contributed by atoms with Crippen LogP contribution in [0.1, 0.15) is 10.4 Å². The van der Waals surface area contributed by atoms with Gasteiger partial charge in [-0.15, -0.1) is 0 Å². The summed E-state index contributed by atoms with van der Waals surface area (Å²) >= 11 is 5.89. The molecule has 2 N–H and O–H groups in total. The molecular weight excluding hydrogens is 212 g/mol. The molecule has 0 bridgehead atoms. The van der Waals surface area contributed by atoms with Crippen LogP contribution in [0.2, 0.25) is 5.02 Å². The first kappa shape index (κ1) is 10.2. The van der Waals surface area contributed by atoms with Crippen LogP contribution < -0.4 is 5.73 Å². The zero-order valence-corrected chi connectivity index (χ0v) is 9.08. The molecule has 3 nitrogen and oxygen atoms in total. The van der Waals surface area contributed by atoms with Gasteiger partial charge in [0.05, 0.1) is 6.54 Å². The largest absolute Gasteiger partial charge is 0.350 e. The summed E-state index contributed by atoms with van der Waals surface area (Å²) in [4.78, 5) is 11.6. The van der Waals surface area contributed by atoms with E-state index in [2.05, 4.69) is 0 Å². The molecule has 78 valence electrons. The Morgan fingerprint density at radius 3 is 2.93 bits per heavy atom. The van der Waals surface area contributed by atoms with Crippen LogP contribution in [0.15, 0.2) is 24.4 Å². The van der Waals surface area contributed by atoms with Gasteiger partial charge >= 0.3 is 0 Å². The van der Waals surface area contributed by atoms with Gasteiger partial charge in [0.2, 0.25) is 0 Å². The topological polar surface area (TPSA) is 48.0 Å². The zero-order chi connectivity index (χ0) is 11.0. The summed E-state index contributed by atoms with van der Waals surface area (Å²) in [6.07, 6.45) is 1.79. The minimum atomic E-state index is -0.0528. The molecule has 1 aromatic heterocycles. The van der Waals surface area contributed by atoms with Gasteiger partial charge in [-0.3, -0.25) is 4.79 Å². The molecule has 0 radical (unpaired) electrons. The number of hydrogen-bond acceptors (Lipinski definition) is 2. The summed E-state index contributed by atoms with van der Waals surface area (Å²) in [5, 5.41) is 1.56. The van der Waals surface area contributed by atoms with Crippen molar-refractivity contribution in [3.05, 3.63) is 35.0 Å². The first-order valence-corrected chi connectivity index (χ1v) is 4.99. The smallest absolute Gasteiger partial charge is 0.178 e. The number of halogens is 1. The highest BCUT2D eigenvalue weighted by Crippen LogP contribution is 2.24. The van der Waals surface area contributed by atoms with Crippen molar-refractivity contribution < 1.29 is 4.79 Å². The van der Waals surface area contributed by atoms with Gasteiger partial charge in [-0.2, -0.15) is 0 Å². The molecule has 2 rings (SSSR count). The molecule has 0 aliphatic carbocycles. The van der Waals surface area contributed by atoms with E-state index in [1.165, 1.54) is 0 Å². The first-order valence-electron chi connectivity index (χ1n) is 4.61. The molecule has 2 aromatic rings. The van der Waals surface area contributed by atoms with E-state index in [1.807, 2.05) is 23.7 Å². The van der Waals surface area contributed by atoms with Crippen molar-refractivity contribution in [2.45, 2.75) is 0 Å². The van der Waals surface area contributed by atoms with Crippen LogP contribution in [0, 0.1) is 0 Å². The fourth-order valence-electron chi connectivity index (χ4n) is 1.69. The van der Waals surface area contributed by atoms with Crippen LogP contribution >= 0.6 is 11.6 Å². The predicted molar refractivity (Wildman–Crippen MR) is 61.3 cm³/mol. The number of carbonyl (C=O) groups excluding carboxylic acids is 1. The molecule has 0 saturated heterocycles. The van der Waals surface area contributed by atoms with Crippen LogP contribution in [-0.4, -0.2) is 16.9 Å². The van der Waals surface area contributed by atoms with Crippen LogP contribution in [0.4, 0.5) is 0 Å². The van der Waals surface area contributed by atoms with Gasteiger partial charge in [-0.05, 0) is 12.1 Å². The number of aromatic nitrogens is 1. The van der Waals surface area contributed by atoms with E-state index in [0.717, 1.165) is 10.9 Å². The van der Waals surface area contributed by atoms with Crippen LogP contribution in [-0.2, 0) is 7.05 Å². The summed E-state index contributed by atoms with van der Waals surface area (Å²) in [5.74, 6) is -0.0528. The molecule has 15 heavy (non-hydrogen) atoms. The highest BCUT2D eigenvalue weighted by molar-refractivity contribution is 6.31. The van der Waals surface area contributed by atoms with Crippen molar-refractivity contribution in [1.29, 1.82) is 0 Å². The van der Waals surface area contributed by atoms with Crippen molar-refractivity contribution in [1.82, 2.24) is 4.57 Å². The number of Topliss-reactive ketones (excluding diaryl/α,β-unsaturated/α-hetero) is 1. The Bertz CT molecular complexity index is 531. The predicted octanol–water partition coefficient (Wildman–Crippen LogP) is 1.97. The maximum atomic E-state index is 11.6. The third kappa shape index (κ3) is 1.64. The monoisotopic (exact) mass is 222 g/mol. The Balaban J connectivity index is 2.73. The molecule has 0 atom stereocenters. The fourth-order valence-corrected chi connectivity index (χ4v) is 1.86. The van der Waals surface area contributed by atoms with E-state index < -0.39 is 0 Å². The number of carbonyl (C=O) groups is 1. The summed E-state index contributed by atoms with van der Waals surface area (Å²) in [7, 11) is 1.88. The molecule has 0 spiro atoms. The van der Waals surface area contributed by atoms with E-state index in [-0.39, 0.29) is 12.3 Å². The van der Waals surface area contributed by atoms with Gasteiger partial charge < -0.3 is 10.3 Å². The number of fused-ring (bicyclic) bond motifs is 1. The molecule has 0 saturated carbocycles. The van der Waals surface area contributed by atoms with E-state index >= 15 is 0 Å². The third-order valence-corrected chi connectivity index (χ3v) is 2.67. The average molecular weight is 223 g/mol. The second-order valence-corrected chi connectivity index (χ2v) is 3.88. The molecule has 0 fully saturated rings. The van der Waals surface area contributed by atoms with Crippen LogP contribution in [0.5, 0.6) is 0 Å². The second kappa shape index (κ2) is 3.68. The van der Waals surface area contributed by atoms with E-state index in [9.17, 15) is 4.79 Å². The number of nitrogens with zero attached hydrogens (tertiary/aromatic N) is 1. The molecular formula is C11H11ClN2O. The number of rotatable bonds is 2. The van der Waals surface area contributed by atoms with Crippen molar-refractivity contribution in [3.63, 3.8) is 0 Å². The van der Waals surface area contributed by atoms with Crippen LogP contribution in [0.25, 0.3) is 10.9 Å². The number of nitrogens with two attached hydrogens (primary N) is 1. The van der Waals surface area contributed by atoms with Gasteiger partial charge in [0, 0.05) is 34.7 Å². The molecule has 0 aliphatic heterocycles. The normalized spacial score (nSPS) is 10.9. The molecule has 0 unspecified atom stereocenters. The standard InChI is InChI=1S/C11H11ClN2O/c1-14-6-9(11(15)5-13)8-3-2-7(12)4-10(8)14/h2-4,6H,5,13H2,1H3. The van der Waals surface area contributed by atoms with Gasteiger partial charge in [0.1, 0.15) is 0 Å². The zero-order valence-electron chi connectivity index (χ0n) is 8.33. The number of aryl methyl sites for hydroxylation is 1. The Morgan fingerprint density at radius 2 is 2.27 bits per heavy atom. The van der Waals surface area contributed by atoms with Crippen molar-refractivity contribution in [3.8, 4) is 0 Å². The lowest BCUT2D eigenvalue weighted by molar-refractivity contribution is 0.100. The molecule has 1 aromatic carbocycles. The van der Waals surface area contributed by atoms with Crippen molar-refractivity contribution in [2.75, 3.05) is 6.54 Å². The quantitative estimate of drug-likeness (QED) is 0.790. The second-order valence-electron chi connectivity index (χ2n) is 3.44. The number of benzene rings is 1. The van der Waals surface area contributed by atoms with E-state index in [1.54, 1.807) is 12.3 Å². The van der Waals surface area contributed by atoms with Gasteiger partial charge in [-0.1, -0.05) is 17.7 Å². The Labute approximate surface area is 92.4 Å². The van der Waals surface area contributed by atoms with E-state index in [4.69, 9.17) is 17.3 Å². The minimum absolute atomic E-state index is 0.0295. The summed E-state index contributed by atoms with van der Waals surface area (Å²) in [6, 6.07) is 5.46. The summed E-state index contributed by atoms with van der Waals surface area (Å²) < 4.78 is 1.88. The van der Waals surface area contributed by atoms with Gasteiger partial charge in [0.15, 0.2) is 5.78 Å². The first-order chi connectivity index (χ1) is 7.13. The Morgan fingerprint density at radius 1 is 1.53 bits per heavy atom. The minimum Gasteiger partial charge on any atom is -0.350 e. The number of hydrogen-bond donors (Lipinski definition) is 1. The van der Waals surface area contributed by atoms with Gasteiger partial charge in [0.25, 0.3) is 0 Å². The Hall–Kier alpha value is -1.32. The molecule has 0 aliphatic rings. The summed E-state index contributed by atoms with van der Waals surface area (Å²) in [6.45, 7) is 0.0295. The average Bonchev–Trinajstić information content (AvgIpc) is 2.55. The summed E-state index contributed by atoms with van der Waals surface area (Å²) in [5.41, 5.74) is 6.95. The van der Waals surface area contributed by atoms with Crippen LogP contribution in [0.3, 0.4) is 0 Å². The molecule has 1 heterocycles. The third-order valence-electron chi connectivity index (χ3n) is 2.44. The Kier molecular flexibility index (Phi) is 2.50. The lowest BCUT2D eigenvalue weighted by Crippen LogP contribution is -2.12. The molecule has 0 amide bonds. The maximum Gasteiger partial charge on any atom is 0.178 e. The lowest BCUT2D eigenvalue weighted by atomic mass is 10.1. The highest BCUT2D eigenvalue weighted by atomic mass is 35.5. The molecule has 4 heteroatoms. The van der Waals surface area contributed by atoms with Crippen molar-refractivity contribution >= 4 is 28.3 Å². The maximum absolute atomic E-state index is 11.6. The highest BCUT2D eigenvalue weighted by Gasteiger charge is 2.12. The van der Waals surface area contributed by atoms with Crippen molar-refractivity contribution in [2.24, 2.45) is 12.8 Å².